The highest BCUT2D eigenvalue weighted by molar-refractivity contribution is 5.81. The van der Waals surface area contributed by atoms with Gasteiger partial charge in [-0.1, -0.05) is 0 Å². The molecule has 1 fully saturated rings. The minimum atomic E-state index is -0.462. The van der Waals surface area contributed by atoms with E-state index < -0.39 is 6.04 Å². The Morgan fingerprint density at radius 3 is 2.67 bits per heavy atom. The SMILES string of the molecule is COCCC(N)C(=O)N1CCN(CCC#N)CC1. The Labute approximate surface area is 108 Å². The first-order valence-corrected chi connectivity index (χ1v) is 6.31. The first kappa shape index (κ1) is 14.9. The summed E-state index contributed by atoms with van der Waals surface area (Å²) in [6, 6.07) is 1.67. The highest BCUT2D eigenvalue weighted by Gasteiger charge is 2.24. The molecule has 1 heterocycles. The number of nitrogens with two attached hydrogens (primary N) is 1. The van der Waals surface area contributed by atoms with Gasteiger partial charge in [-0.3, -0.25) is 9.69 Å². The summed E-state index contributed by atoms with van der Waals surface area (Å²) in [6.45, 7) is 4.34. The second-order valence-electron chi connectivity index (χ2n) is 4.46. The Hall–Kier alpha value is -1.16. The van der Waals surface area contributed by atoms with Gasteiger partial charge < -0.3 is 15.4 Å². The minimum Gasteiger partial charge on any atom is -0.385 e. The van der Waals surface area contributed by atoms with Crippen molar-refractivity contribution in [3.8, 4) is 6.07 Å². The molecule has 0 aromatic carbocycles. The van der Waals surface area contributed by atoms with Gasteiger partial charge in [0.1, 0.15) is 0 Å². The Kier molecular flexibility index (Phi) is 6.65. The normalized spacial score (nSPS) is 18.4. The van der Waals surface area contributed by atoms with E-state index in [2.05, 4.69) is 11.0 Å². The fourth-order valence-electron chi connectivity index (χ4n) is 2.00. The van der Waals surface area contributed by atoms with E-state index >= 15 is 0 Å². The summed E-state index contributed by atoms with van der Waals surface area (Å²) < 4.78 is 4.92. The van der Waals surface area contributed by atoms with Crippen molar-refractivity contribution in [2.24, 2.45) is 5.73 Å². The molecule has 1 aliphatic rings. The van der Waals surface area contributed by atoms with Crippen molar-refractivity contribution in [2.45, 2.75) is 18.9 Å². The molecule has 6 nitrogen and oxygen atoms in total. The molecule has 6 heteroatoms. The number of carbonyl (C=O) groups is 1. The van der Waals surface area contributed by atoms with Gasteiger partial charge in [0.2, 0.25) is 5.91 Å². The number of ether oxygens (including phenoxy) is 1. The second-order valence-corrected chi connectivity index (χ2v) is 4.46. The molecule has 1 amide bonds. The van der Waals surface area contributed by atoms with Gasteiger partial charge >= 0.3 is 0 Å². The van der Waals surface area contributed by atoms with Crippen molar-refractivity contribution in [2.75, 3.05) is 46.4 Å². The van der Waals surface area contributed by atoms with Crippen molar-refractivity contribution >= 4 is 5.91 Å². The van der Waals surface area contributed by atoms with Crippen LogP contribution in [0.25, 0.3) is 0 Å². The van der Waals surface area contributed by atoms with Gasteiger partial charge in [-0.25, -0.2) is 0 Å². The van der Waals surface area contributed by atoms with Crippen LogP contribution in [0.1, 0.15) is 12.8 Å². The van der Waals surface area contributed by atoms with E-state index in [1.165, 1.54) is 0 Å². The summed E-state index contributed by atoms with van der Waals surface area (Å²) in [5.74, 6) is 0.00647. The number of methoxy groups -OCH3 is 1. The number of hydrogen-bond donors (Lipinski definition) is 1. The van der Waals surface area contributed by atoms with Gasteiger partial charge in [0.05, 0.1) is 12.1 Å². The van der Waals surface area contributed by atoms with E-state index in [4.69, 9.17) is 15.7 Å². The summed E-state index contributed by atoms with van der Waals surface area (Å²) in [5.41, 5.74) is 5.82. The number of nitrogens with zero attached hydrogens (tertiary/aromatic N) is 3. The minimum absolute atomic E-state index is 0.00647. The molecular weight excluding hydrogens is 232 g/mol. The van der Waals surface area contributed by atoms with E-state index in [1.54, 1.807) is 7.11 Å². The highest BCUT2D eigenvalue weighted by Crippen LogP contribution is 2.05. The fourth-order valence-corrected chi connectivity index (χ4v) is 2.00. The Bertz CT molecular complexity index is 295. The molecule has 1 atom stereocenters. The van der Waals surface area contributed by atoms with Crippen LogP contribution in [0.5, 0.6) is 0 Å². The van der Waals surface area contributed by atoms with Gasteiger partial charge in [-0.15, -0.1) is 0 Å². The van der Waals surface area contributed by atoms with Crippen LogP contribution < -0.4 is 5.73 Å². The van der Waals surface area contributed by atoms with Crippen LogP contribution in [0.4, 0.5) is 0 Å². The summed E-state index contributed by atoms with van der Waals surface area (Å²) in [6.07, 6.45) is 1.10. The van der Waals surface area contributed by atoms with E-state index in [0.717, 1.165) is 19.6 Å². The first-order valence-electron chi connectivity index (χ1n) is 6.31. The van der Waals surface area contributed by atoms with Crippen molar-refractivity contribution in [1.29, 1.82) is 5.26 Å². The van der Waals surface area contributed by atoms with Crippen molar-refractivity contribution in [1.82, 2.24) is 9.80 Å². The van der Waals surface area contributed by atoms with Crippen LogP contribution in [0.15, 0.2) is 0 Å². The molecule has 0 aromatic heterocycles. The Morgan fingerprint density at radius 2 is 2.11 bits per heavy atom. The van der Waals surface area contributed by atoms with Crippen LogP contribution in [0.2, 0.25) is 0 Å². The van der Waals surface area contributed by atoms with E-state index in [9.17, 15) is 4.79 Å². The third-order valence-electron chi connectivity index (χ3n) is 3.17. The number of rotatable bonds is 6. The summed E-state index contributed by atoms with van der Waals surface area (Å²) in [4.78, 5) is 16.0. The molecule has 102 valence electrons. The van der Waals surface area contributed by atoms with Crippen molar-refractivity contribution in [3.05, 3.63) is 0 Å². The largest absolute Gasteiger partial charge is 0.385 e. The maximum absolute atomic E-state index is 12.0. The van der Waals surface area contributed by atoms with Gasteiger partial charge in [-0.2, -0.15) is 5.26 Å². The number of nitriles is 1. The average Bonchev–Trinajstić information content (AvgIpc) is 2.42. The zero-order valence-corrected chi connectivity index (χ0v) is 11.0. The summed E-state index contributed by atoms with van der Waals surface area (Å²) in [5, 5.41) is 8.52. The topological polar surface area (TPSA) is 82.6 Å². The van der Waals surface area contributed by atoms with Gasteiger partial charge in [-0.05, 0) is 6.42 Å². The van der Waals surface area contributed by atoms with Crippen molar-refractivity contribution < 1.29 is 9.53 Å². The molecule has 0 spiro atoms. The molecule has 18 heavy (non-hydrogen) atoms. The third kappa shape index (κ3) is 4.61. The predicted octanol–water partition coefficient (Wildman–Crippen LogP) is -0.592. The zero-order valence-electron chi connectivity index (χ0n) is 11.0. The average molecular weight is 254 g/mol. The first-order chi connectivity index (χ1) is 8.69. The van der Waals surface area contributed by atoms with Crippen LogP contribution >= 0.6 is 0 Å². The van der Waals surface area contributed by atoms with Gasteiger partial charge in [0, 0.05) is 52.9 Å². The molecular formula is C12H22N4O2. The molecule has 0 saturated carbocycles. The van der Waals surface area contributed by atoms with Crippen LogP contribution in [-0.2, 0) is 9.53 Å². The van der Waals surface area contributed by atoms with Gasteiger partial charge in [0.15, 0.2) is 0 Å². The summed E-state index contributed by atoms with van der Waals surface area (Å²) >= 11 is 0. The number of carbonyl (C=O) groups excluding carboxylic acids is 1. The molecule has 0 radical (unpaired) electrons. The molecule has 1 saturated heterocycles. The second kappa shape index (κ2) is 8.03. The van der Waals surface area contributed by atoms with E-state index in [-0.39, 0.29) is 5.91 Å². The Morgan fingerprint density at radius 1 is 1.44 bits per heavy atom. The third-order valence-corrected chi connectivity index (χ3v) is 3.17. The molecule has 0 aliphatic carbocycles. The van der Waals surface area contributed by atoms with E-state index in [0.29, 0.717) is 32.5 Å². The lowest BCUT2D eigenvalue weighted by molar-refractivity contribution is -0.134. The molecule has 0 aromatic rings. The molecule has 0 bridgehead atoms. The summed E-state index contributed by atoms with van der Waals surface area (Å²) in [7, 11) is 1.60. The maximum atomic E-state index is 12.0. The monoisotopic (exact) mass is 254 g/mol. The molecule has 2 N–H and O–H groups in total. The van der Waals surface area contributed by atoms with Crippen LogP contribution in [0, 0.1) is 11.3 Å². The number of piperazine rings is 1. The predicted molar refractivity (Wildman–Crippen MR) is 67.7 cm³/mol. The lowest BCUT2D eigenvalue weighted by atomic mass is 10.2. The number of hydrogen-bond acceptors (Lipinski definition) is 5. The smallest absolute Gasteiger partial charge is 0.239 e. The molecule has 1 aliphatic heterocycles. The number of amides is 1. The van der Waals surface area contributed by atoms with Crippen LogP contribution in [0.3, 0.4) is 0 Å². The van der Waals surface area contributed by atoms with Crippen LogP contribution in [-0.4, -0.2) is 68.2 Å². The lowest BCUT2D eigenvalue weighted by Gasteiger charge is -2.35. The Balaban J connectivity index is 2.29. The van der Waals surface area contributed by atoms with E-state index in [1.807, 2.05) is 4.90 Å². The molecule has 1 unspecified atom stereocenters. The fraction of sp³-hybridized carbons (Fsp3) is 0.833. The lowest BCUT2D eigenvalue weighted by Crippen LogP contribution is -2.53. The van der Waals surface area contributed by atoms with Crippen molar-refractivity contribution in [3.63, 3.8) is 0 Å². The van der Waals surface area contributed by atoms with Gasteiger partial charge in [0.25, 0.3) is 0 Å². The highest BCUT2D eigenvalue weighted by atomic mass is 16.5. The quantitative estimate of drug-likeness (QED) is 0.685. The zero-order chi connectivity index (χ0) is 13.4. The standard InChI is InChI=1S/C12H22N4O2/c1-18-10-3-11(14)12(17)16-8-6-15(7-9-16)5-2-4-13/h11H,2-3,5-10,14H2,1H3. The molecule has 1 rings (SSSR count). The maximum Gasteiger partial charge on any atom is 0.239 e.